The Kier molecular flexibility index (Phi) is 6.90. The number of halogens is 2. The van der Waals surface area contributed by atoms with Crippen LogP contribution in [0.2, 0.25) is 0 Å². The lowest BCUT2D eigenvalue weighted by molar-refractivity contribution is 0.475. The molecule has 0 aliphatic heterocycles. The number of hydrogen-bond donors (Lipinski definition) is 2. The highest BCUT2D eigenvalue weighted by atomic mass is 79.9. The minimum Gasteiger partial charge on any atom is -0.508 e. The Labute approximate surface area is 181 Å². The number of hydrogen-bond acceptors (Lipinski definition) is 2. The molecule has 0 aliphatic carbocycles. The van der Waals surface area contributed by atoms with Crippen molar-refractivity contribution < 1.29 is 10.2 Å². The molecule has 4 heteroatoms. The van der Waals surface area contributed by atoms with E-state index in [2.05, 4.69) is 31.9 Å². The second kappa shape index (κ2) is 9.58. The Morgan fingerprint density at radius 2 is 0.571 bits per heavy atom. The summed E-state index contributed by atoms with van der Waals surface area (Å²) < 4.78 is 2.14. The molecule has 0 amide bonds. The maximum atomic E-state index is 9.14. The van der Waals surface area contributed by atoms with Gasteiger partial charge in [0.2, 0.25) is 0 Å². The molecule has 0 saturated heterocycles. The predicted molar refractivity (Wildman–Crippen MR) is 122 cm³/mol. The summed E-state index contributed by atoms with van der Waals surface area (Å²) in [5, 5.41) is 18.3. The third-order valence-corrected chi connectivity index (χ3v) is 5.15. The molecule has 2 N–H and O–H groups in total. The Balaban J connectivity index is 0.000000161. The molecular weight excluding hydrogens is 480 g/mol. The summed E-state index contributed by atoms with van der Waals surface area (Å²) in [5.74, 6) is 0.594. The second-order valence-electron chi connectivity index (χ2n) is 6.11. The molecule has 0 bridgehead atoms. The fourth-order valence-corrected chi connectivity index (χ4v) is 3.12. The first-order valence-corrected chi connectivity index (χ1v) is 10.2. The fourth-order valence-electron chi connectivity index (χ4n) is 2.59. The molecule has 0 spiro atoms. The van der Waals surface area contributed by atoms with E-state index in [9.17, 15) is 0 Å². The number of phenolic OH excluding ortho intramolecular Hbond substituents is 2. The summed E-state index contributed by atoms with van der Waals surface area (Å²) in [6, 6.07) is 30.5. The molecule has 4 aromatic rings. The van der Waals surface area contributed by atoms with Gasteiger partial charge in [0.15, 0.2) is 0 Å². The lowest BCUT2D eigenvalue weighted by atomic mass is 10.1. The van der Waals surface area contributed by atoms with Crippen molar-refractivity contribution in [1.82, 2.24) is 0 Å². The van der Waals surface area contributed by atoms with Crippen molar-refractivity contribution in [3.8, 4) is 33.8 Å². The molecule has 140 valence electrons. The van der Waals surface area contributed by atoms with Gasteiger partial charge in [0.25, 0.3) is 0 Å². The number of benzene rings is 4. The van der Waals surface area contributed by atoms with Crippen LogP contribution in [-0.2, 0) is 0 Å². The topological polar surface area (TPSA) is 40.5 Å². The number of rotatable bonds is 2. The van der Waals surface area contributed by atoms with E-state index in [0.717, 1.165) is 31.2 Å². The molecule has 0 aliphatic rings. The van der Waals surface area contributed by atoms with Crippen LogP contribution in [0.15, 0.2) is 106 Å². The average Bonchev–Trinajstić information content (AvgIpc) is 2.71. The highest BCUT2D eigenvalue weighted by Gasteiger charge is 1.97. The van der Waals surface area contributed by atoms with E-state index >= 15 is 0 Å². The first kappa shape index (κ1) is 20.2. The van der Waals surface area contributed by atoms with Crippen molar-refractivity contribution in [1.29, 1.82) is 0 Å². The lowest BCUT2D eigenvalue weighted by Crippen LogP contribution is -1.76. The monoisotopic (exact) mass is 496 g/mol. The van der Waals surface area contributed by atoms with Crippen LogP contribution in [-0.4, -0.2) is 10.2 Å². The third-order valence-electron chi connectivity index (χ3n) is 4.09. The van der Waals surface area contributed by atoms with Gasteiger partial charge in [0.05, 0.1) is 0 Å². The standard InChI is InChI=1S/2C12H9BrO/c2*13-11-5-1-9(2-6-11)10-3-7-12(14)8-4-10/h2*1-8,14H. The zero-order valence-electron chi connectivity index (χ0n) is 14.9. The zero-order chi connectivity index (χ0) is 19.9. The van der Waals surface area contributed by atoms with E-state index in [0.29, 0.717) is 11.5 Å². The Bertz CT molecular complexity index is 834. The normalized spacial score (nSPS) is 10.1. The molecule has 2 nitrogen and oxygen atoms in total. The van der Waals surface area contributed by atoms with E-state index in [-0.39, 0.29) is 0 Å². The van der Waals surface area contributed by atoms with Crippen LogP contribution < -0.4 is 0 Å². The van der Waals surface area contributed by atoms with Gasteiger partial charge in [-0.2, -0.15) is 0 Å². The Morgan fingerprint density at radius 1 is 0.357 bits per heavy atom. The number of phenols is 2. The van der Waals surface area contributed by atoms with E-state index in [4.69, 9.17) is 10.2 Å². The van der Waals surface area contributed by atoms with Gasteiger partial charge in [0.1, 0.15) is 11.5 Å². The lowest BCUT2D eigenvalue weighted by Gasteiger charge is -2.01. The van der Waals surface area contributed by atoms with Gasteiger partial charge in [-0.1, -0.05) is 80.4 Å². The number of aromatic hydroxyl groups is 2. The summed E-state index contributed by atoms with van der Waals surface area (Å²) in [4.78, 5) is 0. The quantitative estimate of drug-likeness (QED) is 0.298. The smallest absolute Gasteiger partial charge is 0.115 e. The van der Waals surface area contributed by atoms with Gasteiger partial charge < -0.3 is 10.2 Å². The predicted octanol–water partition coefficient (Wildman–Crippen LogP) is 7.64. The summed E-state index contributed by atoms with van der Waals surface area (Å²) in [7, 11) is 0. The van der Waals surface area contributed by atoms with Crippen LogP contribution in [0.25, 0.3) is 22.3 Å². The minimum absolute atomic E-state index is 0.297. The van der Waals surface area contributed by atoms with Crippen molar-refractivity contribution in [2.75, 3.05) is 0 Å². The molecular formula is C24H18Br2O2. The molecule has 0 aromatic heterocycles. The molecule has 4 rings (SSSR count). The molecule has 4 aromatic carbocycles. The van der Waals surface area contributed by atoms with Gasteiger partial charge in [0, 0.05) is 8.95 Å². The second-order valence-corrected chi connectivity index (χ2v) is 7.94. The van der Waals surface area contributed by atoms with Gasteiger partial charge in [-0.05, 0) is 70.8 Å². The van der Waals surface area contributed by atoms with Crippen LogP contribution in [0, 0.1) is 0 Å². The Hall–Kier alpha value is -2.56. The third kappa shape index (κ3) is 5.72. The van der Waals surface area contributed by atoms with E-state index < -0.39 is 0 Å². The summed E-state index contributed by atoms with van der Waals surface area (Å²) in [6.07, 6.45) is 0. The zero-order valence-corrected chi connectivity index (χ0v) is 18.1. The van der Waals surface area contributed by atoms with E-state index in [1.165, 1.54) is 0 Å². The summed E-state index contributed by atoms with van der Waals surface area (Å²) in [6.45, 7) is 0. The van der Waals surface area contributed by atoms with Crippen molar-refractivity contribution >= 4 is 31.9 Å². The highest BCUT2D eigenvalue weighted by molar-refractivity contribution is 9.10. The SMILES string of the molecule is Oc1ccc(-c2ccc(Br)cc2)cc1.Oc1ccc(-c2ccc(Br)cc2)cc1. The van der Waals surface area contributed by atoms with Crippen molar-refractivity contribution in [2.45, 2.75) is 0 Å². The maximum absolute atomic E-state index is 9.14. The molecule has 0 heterocycles. The Morgan fingerprint density at radius 3 is 0.821 bits per heavy atom. The van der Waals surface area contributed by atoms with E-state index in [1.54, 1.807) is 24.3 Å². The molecule has 0 radical (unpaired) electrons. The van der Waals surface area contributed by atoms with Gasteiger partial charge in [-0.3, -0.25) is 0 Å². The average molecular weight is 498 g/mol. The summed E-state index contributed by atoms with van der Waals surface area (Å²) in [5.41, 5.74) is 4.51. The van der Waals surface area contributed by atoms with Crippen molar-refractivity contribution in [2.24, 2.45) is 0 Å². The van der Waals surface area contributed by atoms with Gasteiger partial charge >= 0.3 is 0 Å². The van der Waals surface area contributed by atoms with Crippen LogP contribution in [0.4, 0.5) is 0 Å². The maximum Gasteiger partial charge on any atom is 0.115 e. The largest absolute Gasteiger partial charge is 0.508 e. The first-order valence-electron chi connectivity index (χ1n) is 8.61. The van der Waals surface area contributed by atoms with Gasteiger partial charge in [-0.15, -0.1) is 0 Å². The first-order chi connectivity index (χ1) is 13.5. The fraction of sp³-hybridized carbons (Fsp3) is 0. The minimum atomic E-state index is 0.297. The van der Waals surface area contributed by atoms with Crippen LogP contribution in [0.3, 0.4) is 0 Å². The molecule has 0 fully saturated rings. The molecule has 28 heavy (non-hydrogen) atoms. The molecule has 0 unspecified atom stereocenters. The molecule has 0 saturated carbocycles. The van der Waals surface area contributed by atoms with Crippen LogP contribution >= 0.6 is 31.9 Å². The highest BCUT2D eigenvalue weighted by Crippen LogP contribution is 2.24. The summed E-state index contributed by atoms with van der Waals surface area (Å²) >= 11 is 6.78. The molecule has 0 atom stereocenters. The van der Waals surface area contributed by atoms with Crippen molar-refractivity contribution in [3.05, 3.63) is 106 Å². The van der Waals surface area contributed by atoms with Crippen LogP contribution in [0.5, 0.6) is 11.5 Å². The van der Waals surface area contributed by atoms with E-state index in [1.807, 2.05) is 72.8 Å². The van der Waals surface area contributed by atoms with Gasteiger partial charge in [-0.25, -0.2) is 0 Å². The van der Waals surface area contributed by atoms with Crippen molar-refractivity contribution in [3.63, 3.8) is 0 Å². The van der Waals surface area contributed by atoms with Crippen LogP contribution in [0.1, 0.15) is 0 Å².